The Morgan fingerprint density at radius 1 is 0.792 bits per heavy atom. The fraction of sp³-hybridized carbons (Fsp3) is 0.250. The van der Waals surface area contributed by atoms with Gasteiger partial charge in [-0.05, 0) is 0 Å². The van der Waals surface area contributed by atoms with Gasteiger partial charge in [-0.25, -0.2) is 0 Å². The van der Waals surface area contributed by atoms with Crippen molar-refractivity contribution in [2.24, 2.45) is 0 Å². The van der Waals surface area contributed by atoms with E-state index >= 15 is 0 Å². The topological polar surface area (TPSA) is 118 Å². The molecule has 0 aromatic rings. The molecule has 0 aliphatic carbocycles. The average molecular weight is 356 g/mol. The van der Waals surface area contributed by atoms with Gasteiger partial charge in [0.2, 0.25) is 0 Å². The van der Waals surface area contributed by atoms with E-state index in [1.54, 1.807) is 6.08 Å². The smallest absolute Gasteiger partial charge is 0.317 e. The maximum Gasteiger partial charge on any atom is 0.317 e. The van der Waals surface area contributed by atoms with Gasteiger partial charge in [-0.3, -0.25) is 19.2 Å². The Bertz CT molecular complexity index is 447. The zero-order valence-electron chi connectivity index (χ0n) is 13.8. The molecule has 0 bridgehead atoms. The quantitative estimate of drug-likeness (QED) is 0.290. The first-order valence-electron chi connectivity index (χ1n) is 6.85. The molecular weight excluding hydrogens is 332 g/mol. The van der Waals surface area contributed by atoms with Crippen molar-refractivity contribution in [3.8, 4) is 0 Å². The van der Waals surface area contributed by atoms with Crippen molar-refractivity contribution in [2.45, 2.75) is 25.7 Å². The van der Waals surface area contributed by atoms with E-state index < -0.39 is 23.9 Å². The van der Waals surface area contributed by atoms with Gasteiger partial charge in [0.25, 0.3) is 0 Å². The summed E-state index contributed by atoms with van der Waals surface area (Å²) in [6, 6.07) is 0. The fourth-order valence-electron chi connectivity index (χ4n) is 0.789. The van der Waals surface area contributed by atoms with Crippen molar-refractivity contribution in [1.29, 1.82) is 0 Å². The van der Waals surface area contributed by atoms with Crippen LogP contribution in [0.25, 0.3) is 0 Å². The molecule has 0 atom stereocenters. The molecular formula is C16H24O7Si. The molecule has 24 heavy (non-hydrogen) atoms. The number of carboxylic acids is 2. The minimum absolute atomic E-state index is 0.0556. The summed E-state index contributed by atoms with van der Waals surface area (Å²) >= 11 is 0. The van der Waals surface area contributed by atoms with Crippen LogP contribution in [-0.4, -0.2) is 44.3 Å². The first kappa shape index (κ1) is 26.2. The highest BCUT2D eigenvalue weighted by molar-refractivity contribution is 6.17. The second kappa shape index (κ2) is 20.3. The van der Waals surface area contributed by atoms with Crippen LogP contribution in [0.4, 0.5) is 0 Å². The van der Waals surface area contributed by atoms with Crippen molar-refractivity contribution >= 4 is 34.1 Å². The molecule has 0 radical (unpaired) electrons. The SMILES string of the molecule is C=CCC(=O)O.C=CCC(=O)O.C=CCC(=O)OC(=O)CC=C[SiH3]. The Hall–Kier alpha value is -2.74. The molecule has 0 amide bonds. The Morgan fingerprint density at radius 2 is 1.17 bits per heavy atom. The predicted octanol–water partition coefficient (Wildman–Crippen LogP) is 1.20. The molecule has 0 saturated carbocycles. The van der Waals surface area contributed by atoms with E-state index in [0.29, 0.717) is 0 Å². The van der Waals surface area contributed by atoms with E-state index in [1.807, 2.05) is 5.70 Å². The Balaban J connectivity index is -0.000000309. The molecule has 0 fully saturated rings. The molecule has 0 aliphatic heterocycles. The van der Waals surface area contributed by atoms with Crippen LogP contribution in [0, 0.1) is 0 Å². The van der Waals surface area contributed by atoms with Crippen LogP contribution in [0.5, 0.6) is 0 Å². The van der Waals surface area contributed by atoms with E-state index in [2.05, 4.69) is 24.5 Å². The van der Waals surface area contributed by atoms with Gasteiger partial charge in [0.1, 0.15) is 0 Å². The first-order valence-corrected chi connectivity index (χ1v) is 8.01. The van der Waals surface area contributed by atoms with Crippen LogP contribution in [-0.2, 0) is 23.9 Å². The molecule has 0 aromatic heterocycles. The third-order valence-corrected chi connectivity index (χ3v) is 2.17. The summed E-state index contributed by atoms with van der Waals surface area (Å²) < 4.78 is 4.41. The van der Waals surface area contributed by atoms with Gasteiger partial charge in [0, 0.05) is 10.2 Å². The number of hydrogen-bond acceptors (Lipinski definition) is 5. The van der Waals surface area contributed by atoms with Crippen LogP contribution in [0.2, 0.25) is 0 Å². The van der Waals surface area contributed by atoms with Crippen molar-refractivity contribution in [2.75, 3.05) is 0 Å². The van der Waals surface area contributed by atoms with Gasteiger partial charge in [0.05, 0.1) is 25.7 Å². The number of aliphatic carboxylic acids is 2. The molecule has 0 aromatic carbocycles. The molecule has 2 N–H and O–H groups in total. The lowest BCUT2D eigenvalue weighted by atomic mass is 10.4. The number of ether oxygens (including phenoxy) is 1. The number of carboxylic acid groups (broad SMARTS) is 2. The zero-order chi connectivity index (χ0) is 19.4. The van der Waals surface area contributed by atoms with Crippen molar-refractivity contribution in [3.05, 3.63) is 49.7 Å². The number of esters is 2. The Labute approximate surface area is 144 Å². The summed E-state index contributed by atoms with van der Waals surface area (Å²) in [6.07, 6.45) is 6.15. The highest BCUT2D eigenvalue weighted by Crippen LogP contribution is 1.92. The maximum atomic E-state index is 10.8. The van der Waals surface area contributed by atoms with Crippen molar-refractivity contribution in [1.82, 2.24) is 0 Å². The largest absolute Gasteiger partial charge is 0.481 e. The minimum Gasteiger partial charge on any atom is -0.481 e. The summed E-state index contributed by atoms with van der Waals surface area (Å²) in [5.74, 6) is -2.71. The fourth-order valence-corrected chi connectivity index (χ4v) is 1.02. The summed E-state index contributed by atoms with van der Waals surface area (Å²) in [4.78, 5) is 40.5. The molecule has 0 unspecified atom stereocenters. The lowest BCUT2D eigenvalue weighted by Gasteiger charge is -1.96. The lowest BCUT2D eigenvalue weighted by molar-refractivity contribution is -0.158. The Kier molecular flexibility index (Phi) is 22.1. The van der Waals surface area contributed by atoms with E-state index in [4.69, 9.17) is 10.2 Å². The predicted molar refractivity (Wildman–Crippen MR) is 94.5 cm³/mol. The summed E-state index contributed by atoms with van der Waals surface area (Å²) in [5, 5.41) is 15.7. The molecule has 0 saturated heterocycles. The highest BCUT2D eigenvalue weighted by atomic mass is 28.1. The van der Waals surface area contributed by atoms with Gasteiger partial charge < -0.3 is 14.9 Å². The van der Waals surface area contributed by atoms with E-state index in [1.165, 1.54) is 18.2 Å². The van der Waals surface area contributed by atoms with Gasteiger partial charge in [-0.15, -0.1) is 25.4 Å². The van der Waals surface area contributed by atoms with Gasteiger partial charge in [-0.2, -0.15) is 0 Å². The van der Waals surface area contributed by atoms with Crippen LogP contribution in [0.1, 0.15) is 25.7 Å². The van der Waals surface area contributed by atoms with E-state index in [-0.39, 0.29) is 25.7 Å². The third-order valence-electron chi connectivity index (χ3n) is 1.70. The second-order valence-corrected chi connectivity index (χ2v) is 4.55. The van der Waals surface area contributed by atoms with Crippen molar-refractivity contribution < 1.29 is 34.1 Å². The molecule has 8 heteroatoms. The molecule has 0 rings (SSSR count). The molecule has 0 aliphatic rings. The molecule has 0 spiro atoms. The van der Waals surface area contributed by atoms with Gasteiger partial charge >= 0.3 is 23.9 Å². The van der Waals surface area contributed by atoms with Crippen LogP contribution < -0.4 is 0 Å². The minimum atomic E-state index is -0.829. The molecule has 0 heterocycles. The number of carbonyl (C=O) groups is 4. The summed E-state index contributed by atoms with van der Waals surface area (Å²) in [6.45, 7) is 9.79. The monoisotopic (exact) mass is 356 g/mol. The number of hydrogen-bond donors (Lipinski definition) is 2. The zero-order valence-corrected chi connectivity index (χ0v) is 15.8. The standard InChI is InChI=1S/C8H12O3Si.2C4H6O2/c1-2-4-7(9)11-8(10)5-3-6-12;2*1-2-3-4(5)6/h2-3,6H,1,4-5H2,12H3;2*2H,1,3H2,(H,5,6). The highest BCUT2D eigenvalue weighted by Gasteiger charge is 2.05. The van der Waals surface area contributed by atoms with Crippen LogP contribution in [0.3, 0.4) is 0 Å². The van der Waals surface area contributed by atoms with Gasteiger partial charge in [0.15, 0.2) is 0 Å². The molecule has 134 valence electrons. The van der Waals surface area contributed by atoms with Crippen molar-refractivity contribution in [3.63, 3.8) is 0 Å². The maximum absolute atomic E-state index is 10.8. The first-order chi connectivity index (χ1) is 11.2. The van der Waals surface area contributed by atoms with E-state index in [0.717, 1.165) is 10.2 Å². The van der Waals surface area contributed by atoms with Gasteiger partial charge in [-0.1, -0.05) is 24.3 Å². The summed E-state index contributed by atoms with van der Waals surface area (Å²) in [7, 11) is 0.905. The number of rotatable bonds is 8. The van der Waals surface area contributed by atoms with Crippen LogP contribution in [0.15, 0.2) is 49.7 Å². The third kappa shape index (κ3) is 31.6. The normalized spacial score (nSPS) is 8.67. The Morgan fingerprint density at radius 3 is 1.42 bits per heavy atom. The van der Waals surface area contributed by atoms with E-state index in [9.17, 15) is 19.2 Å². The average Bonchev–Trinajstić information content (AvgIpc) is 2.46. The number of carbonyl (C=O) groups excluding carboxylic acids is 2. The summed E-state index contributed by atoms with van der Waals surface area (Å²) in [5.41, 5.74) is 1.86. The molecule has 7 nitrogen and oxygen atoms in total. The van der Waals surface area contributed by atoms with Crippen LogP contribution >= 0.6 is 0 Å². The second-order valence-electron chi connectivity index (χ2n) is 3.89. The lowest BCUT2D eigenvalue weighted by Crippen LogP contribution is -2.10.